The molecule has 1 fully saturated rings. The van der Waals surface area contributed by atoms with Gasteiger partial charge < -0.3 is 20.1 Å². The molecule has 7 nitrogen and oxygen atoms in total. The maximum Gasteiger partial charge on any atom is 0.415 e. The summed E-state index contributed by atoms with van der Waals surface area (Å²) < 4.78 is 11.3. The van der Waals surface area contributed by atoms with Crippen molar-refractivity contribution in [3.63, 3.8) is 0 Å². The number of halogens is 1. The third-order valence-corrected chi connectivity index (χ3v) is 5.31. The molecule has 1 aliphatic rings. The Balaban J connectivity index is 1.58. The molecule has 2 heterocycles. The minimum Gasteiger partial charge on any atom is -0.489 e. The van der Waals surface area contributed by atoms with Gasteiger partial charge in [-0.1, -0.05) is 24.2 Å². The Labute approximate surface area is 188 Å². The third kappa shape index (κ3) is 6.12. The highest BCUT2D eigenvalue weighted by Gasteiger charge is 2.29. The molecule has 0 unspecified atom stereocenters. The van der Waals surface area contributed by atoms with Gasteiger partial charge in [-0.2, -0.15) is 0 Å². The number of aromatic nitrogens is 1. The van der Waals surface area contributed by atoms with Crippen LogP contribution < -0.4 is 15.2 Å². The molecule has 0 saturated carbocycles. The summed E-state index contributed by atoms with van der Waals surface area (Å²) >= 11 is 6.24. The number of hydrogen-bond donors (Lipinski definition) is 1. The van der Waals surface area contributed by atoms with E-state index in [2.05, 4.69) is 16.5 Å². The molecule has 2 aromatic rings. The summed E-state index contributed by atoms with van der Waals surface area (Å²) in [6.07, 6.45) is 2.73. The zero-order valence-corrected chi connectivity index (χ0v) is 18.9. The first-order valence-electron chi connectivity index (χ1n) is 10.3. The molecule has 1 aliphatic heterocycles. The van der Waals surface area contributed by atoms with Gasteiger partial charge in [-0.15, -0.1) is 0 Å². The van der Waals surface area contributed by atoms with Crippen molar-refractivity contribution in [3.05, 3.63) is 59.4 Å². The Morgan fingerprint density at radius 3 is 2.77 bits per heavy atom. The number of benzene rings is 1. The zero-order chi connectivity index (χ0) is 22.5. The maximum atomic E-state index is 12.7. The summed E-state index contributed by atoms with van der Waals surface area (Å²) in [6, 6.07) is 7.51. The fourth-order valence-electron chi connectivity index (χ4n) is 3.51. The van der Waals surface area contributed by atoms with Crippen molar-refractivity contribution >= 4 is 23.4 Å². The fourth-order valence-corrected chi connectivity index (χ4v) is 3.67. The van der Waals surface area contributed by atoms with Gasteiger partial charge in [-0.05, 0) is 44.5 Å². The lowest BCUT2D eigenvalue weighted by Crippen LogP contribution is -2.54. The number of piperazine rings is 1. The lowest BCUT2D eigenvalue weighted by Gasteiger charge is -2.39. The molecular formula is C23H29ClN4O3. The highest BCUT2D eigenvalue weighted by molar-refractivity contribution is 6.32. The van der Waals surface area contributed by atoms with E-state index in [-0.39, 0.29) is 12.1 Å². The molecule has 0 bridgehead atoms. The van der Waals surface area contributed by atoms with Gasteiger partial charge in [0.15, 0.2) is 5.75 Å². The van der Waals surface area contributed by atoms with E-state index in [1.165, 1.54) is 6.20 Å². The SMILES string of the molecule is C=C(N)c1cncc(OC(=O)N2CCN(Cc3ccc(Cl)c(OC(C)C)c3)C[C@H]2C)c1. The Morgan fingerprint density at radius 1 is 1.32 bits per heavy atom. The molecule has 1 atom stereocenters. The molecule has 0 spiro atoms. The molecule has 166 valence electrons. The molecule has 2 N–H and O–H groups in total. The van der Waals surface area contributed by atoms with Gasteiger partial charge in [0.05, 0.1) is 17.3 Å². The first kappa shape index (κ1) is 22.9. The minimum absolute atomic E-state index is 0.000509. The van der Waals surface area contributed by atoms with E-state index in [1.807, 2.05) is 39.0 Å². The summed E-state index contributed by atoms with van der Waals surface area (Å²) in [5.74, 6) is 1.04. The summed E-state index contributed by atoms with van der Waals surface area (Å²) in [4.78, 5) is 20.8. The van der Waals surface area contributed by atoms with Crippen molar-refractivity contribution in [1.82, 2.24) is 14.8 Å². The number of nitrogens with two attached hydrogens (primary N) is 1. The van der Waals surface area contributed by atoms with Crippen molar-refractivity contribution in [1.29, 1.82) is 0 Å². The van der Waals surface area contributed by atoms with Crippen LogP contribution in [0.3, 0.4) is 0 Å². The Hall–Kier alpha value is -2.77. The number of amides is 1. The van der Waals surface area contributed by atoms with Gasteiger partial charge in [0.25, 0.3) is 0 Å². The Bertz CT molecular complexity index is 950. The predicted octanol–water partition coefficient (Wildman–Crippen LogP) is 4.16. The number of carbonyl (C=O) groups is 1. The first-order valence-corrected chi connectivity index (χ1v) is 10.7. The van der Waals surface area contributed by atoms with E-state index in [0.717, 1.165) is 25.2 Å². The number of ether oxygens (including phenoxy) is 2. The molecule has 1 saturated heterocycles. The Morgan fingerprint density at radius 2 is 2.10 bits per heavy atom. The second kappa shape index (κ2) is 10.0. The van der Waals surface area contributed by atoms with E-state index in [4.69, 9.17) is 26.8 Å². The number of rotatable bonds is 6. The van der Waals surface area contributed by atoms with E-state index in [9.17, 15) is 4.79 Å². The lowest BCUT2D eigenvalue weighted by molar-refractivity contribution is 0.0751. The predicted molar refractivity (Wildman–Crippen MR) is 122 cm³/mol. The van der Waals surface area contributed by atoms with Gasteiger partial charge in [0, 0.05) is 49.7 Å². The van der Waals surface area contributed by atoms with Crippen LogP contribution in [0, 0.1) is 0 Å². The summed E-state index contributed by atoms with van der Waals surface area (Å²) in [5, 5.41) is 0.607. The van der Waals surface area contributed by atoms with Crippen molar-refractivity contribution in [2.45, 2.75) is 39.5 Å². The fraction of sp³-hybridized carbons (Fsp3) is 0.391. The van der Waals surface area contributed by atoms with Gasteiger partial charge >= 0.3 is 6.09 Å². The van der Waals surface area contributed by atoms with Crippen LogP contribution in [-0.2, 0) is 6.54 Å². The average Bonchev–Trinajstić information content (AvgIpc) is 2.70. The van der Waals surface area contributed by atoms with Crippen molar-refractivity contribution in [2.75, 3.05) is 19.6 Å². The number of hydrogen-bond acceptors (Lipinski definition) is 6. The van der Waals surface area contributed by atoms with E-state index in [0.29, 0.717) is 34.3 Å². The summed E-state index contributed by atoms with van der Waals surface area (Å²) in [5.41, 5.74) is 7.81. The quantitative estimate of drug-likeness (QED) is 0.720. The number of nitrogens with zero attached hydrogens (tertiary/aromatic N) is 3. The summed E-state index contributed by atoms with van der Waals surface area (Å²) in [6.45, 7) is 12.4. The van der Waals surface area contributed by atoms with Crippen molar-refractivity contribution < 1.29 is 14.3 Å². The van der Waals surface area contributed by atoms with Crippen LogP contribution in [0.15, 0.2) is 43.2 Å². The zero-order valence-electron chi connectivity index (χ0n) is 18.2. The average molecular weight is 445 g/mol. The van der Waals surface area contributed by atoms with Gasteiger partial charge in [0.1, 0.15) is 5.75 Å². The molecule has 0 radical (unpaired) electrons. The van der Waals surface area contributed by atoms with E-state index in [1.54, 1.807) is 17.2 Å². The van der Waals surface area contributed by atoms with Crippen LogP contribution in [0.25, 0.3) is 5.70 Å². The Kier molecular flexibility index (Phi) is 7.41. The molecule has 1 aromatic carbocycles. The maximum absolute atomic E-state index is 12.7. The van der Waals surface area contributed by atoms with Crippen LogP contribution in [0.1, 0.15) is 31.9 Å². The standard InChI is InChI=1S/C23H29ClN4O3/c1-15(2)30-22-9-18(5-6-21(22)24)14-27-7-8-28(16(3)13-27)23(29)31-20-10-19(17(4)25)11-26-12-20/h5-6,9-12,15-16H,4,7-8,13-14,25H2,1-3H3/t16-/m1/s1. The van der Waals surface area contributed by atoms with Crippen LogP contribution in [-0.4, -0.2) is 52.7 Å². The highest BCUT2D eigenvalue weighted by atomic mass is 35.5. The molecule has 31 heavy (non-hydrogen) atoms. The van der Waals surface area contributed by atoms with E-state index < -0.39 is 6.09 Å². The van der Waals surface area contributed by atoms with Crippen LogP contribution in [0.5, 0.6) is 11.5 Å². The van der Waals surface area contributed by atoms with Crippen LogP contribution in [0.2, 0.25) is 5.02 Å². The molecule has 8 heteroatoms. The van der Waals surface area contributed by atoms with Gasteiger partial charge in [-0.25, -0.2) is 4.79 Å². The molecule has 1 aromatic heterocycles. The van der Waals surface area contributed by atoms with Gasteiger partial charge in [-0.3, -0.25) is 9.88 Å². The largest absolute Gasteiger partial charge is 0.489 e. The highest BCUT2D eigenvalue weighted by Crippen LogP contribution is 2.27. The van der Waals surface area contributed by atoms with Crippen molar-refractivity contribution in [2.24, 2.45) is 5.73 Å². The topological polar surface area (TPSA) is 80.9 Å². The molecule has 0 aliphatic carbocycles. The molecular weight excluding hydrogens is 416 g/mol. The normalized spacial score (nSPS) is 16.9. The molecule has 1 amide bonds. The smallest absolute Gasteiger partial charge is 0.415 e. The van der Waals surface area contributed by atoms with Crippen LogP contribution in [0.4, 0.5) is 4.79 Å². The lowest BCUT2D eigenvalue weighted by atomic mass is 10.1. The second-order valence-electron chi connectivity index (χ2n) is 8.01. The number of pyridine rings is 1. The van der Waals surface area contributed by atoms with E-state index >= 15 is 0 Å². The molecule has 3 rings (SSSR count). The monoisotopic (exact) mass is 444 g/mol. The minimum atomic E-state index is -0.396. The second-order valence-corrected chi connectivity index (χ2v) is 8.42. The third-order valence-electron chi connectivity index (χ3n) is 5.00. The van der Waals surface area contributed by atoms with Crippen molar-refractivity contribution in [3.8, 4) is 11.5 Å². The van der Waals surface area contributed by atoms with Crippen LogP contribution >= 0.6 is 11.6 Å². The number of carbonyl (C=O) groups excluding carboxylic acids is 1. The summed E-state index contributed by atoms with van der Waals surface area (Å²) in [7, 11) is 0. The first-order chi connectivity index (χ1) is 14.7. The van der Waals surface area contributed by atoms with Gasteiger partial charge in [0.2, 0.25) is 0 Å².